The van der Waals surface area contributed by atoms with Crippen LogP contribution < -0.4 is 4.31 Å². The predicted octanol–water partition coefficient (Wildman–Crippen LogP) is 1.96. The number of nitrogens with zero attached hydrogens (tertiary/aromatic N) is 1. The molecule has 2 rings (SSSR count). The van der Waals surface area contributed by atoms with E-state index in [4.69, 9.17) is 0 Å². The van der Waals surface area contributed by atoms with Crippen LogP contribution in [0, 0.1) is 11.8 Å². The van der Waals surface area contributed by atoms with Gasteiger partial charge in [-0.1, -0.05) is 25.0 Å². The van der Waals surface area contributed by atoms with Crippen LogP contribution in [0.15, 0.2) is 18.2 Å². The fraction of sp³-hybridized carbons (Fsp3) is 0.429. The minimum absolute atomic E-state index is 0.0979. The van der Waals surface area contributed by atoms with Gasteiger partial charge in [-0.05, 0) is 37.0 Å². The molecular formula is C14H17NO2S. The molecule has 0 radical (unpaired) electrons. The van der Waals surface area contributed by atoms with Crippen molar-refractivity contribution < 1.29 is 8.42 Å². The number of fused-ring (bicyclic) bond motifs is 1. The monoisotopic (exact) mass is 263 g/mol. The molecule has 0 spiro atoms. The molecule has 0 amide bonds. The van der Waals surface area contributed by atoms with Gasteiger partial charge in [0, 0.05) is 6.54 Å². The summed E-state index contributed by atoms with van der Waals surface area (Å²) in [5, 5.41) is 0. The summed E-state index contributed by atoms with van der Waals surface area (Å²) in [7, 11) is -3.30. The van der Waals surface area contributed by atoms with Crippen molar-refractivity contribution in [3.8, 4) is 11.8 Å². The van der Waals surface area contributed by atoms with Gasteiger partial charge in [0.25, 0.3) is 0 Å². The topological polar surface area (TPSA) is 37.4 Å². The predicted molar refractivity (Wildman–Crippen MR) is 74.1 cm³/mol. The van der Waals surface area contributed by atoms with Gasteiger partial charge in [-0.25, -0.2) is 8.42 Å². The van der Waals surface area contributed by atoms with Crippen molar-refractivity contribution >= 4 is 15.7 Å². The third-order valence-corrected chi connectivity index (χ3v) is 4.74. The molecule has 0 aliphatic carbocycles. The van der Waals surface area contributed by atoms with E-state index < -0.39 is 10.0 Å². The maximum Gasteiger partial charge on any atom is 0.246 e. The third kappa shape index (κ3) is 2.37. The highest BCUT2D eigenvalue weighted by Gasteiger charge is 2.28. The fourth-order valence-electron chi connectivity index (χ4n) is 2.15. The average Bonchev–Trinajstić information content (AvgIpc) is 2.79. The van der Waals surface area contributed by atoms with E-state index in [1.54, 1.807) is 6.92 Å². The number of aryl methyl sites for hydroxylation is 1. The van der Waals surface area contributed by atoms with Crippen molar-refractivity contribution in [2.75, 3.05) is 16.6 Å². The molecule has 0 N–H and O–H groups in total. The lowest BCUT2D eigenvalue weighted by molar-refractivity contribution is 0.596. The van der Waals surface area contributed by atoms with Gasteiger partial charge in [-0.2, -0.15) is 0 Å². The Morgan fingerprint density at radius 1 is 1.39 bits per heavy atom. The molecule has 1 aliphatic heterocycles. The van der Waals surface area contributed by atoms with Crippen LogP contribution in [-0.4, -0.2) is 20.7 Å². The number of rotatable bonds is 3. The van der Waals surface area contributed by atoms with Gasteiger partial charge in [0.05, 0.1) is 5.69 Å². The Morgan fingerprint density at radius 3 is 2.83 bits per heavy atom. The number of hydrogen-bond acceptors (Lipinski definition) is 2. The largest absolute Gasteiger partial charge is 0.269 e. The van der Waals surface area contributed by atoms with Gasteiger partial charge in [0.15, 0.2) is 0 Å². The molecule has 0 bridgehead atoms. The summed E-state index contributed by atoms with van der Waals surface area (Å²) in [6.07, 6.45) is 1.70. The summed E-state index contributed by atoms with van der Waals surface area (Å²) >= 11 is 0. The molecule has 1 aromatic rings. The Kier molecular flexibility index (Phi) is 3.63. The molecule has 0 atom stereocenters. The molecule has 1 heterocycles. The molecule has 96 valence electrons. The van der Waals surface area contributed by atoms with Gasteiger partial charge in [-0.3, -0.25) is 4.31 Å². The smallest absolute Gasteiger partial charge is 0.246 e. The van der Waals surface area contributed by atoms with E-state index in [2.05, 4.69) is 24.8 Å². The maximum atomic E-state index is 12.2. The normalized spacial score (nSPS) is 14.0. The van der Waals surface area contributed by atoms with E-state index >= 15 is 0 Å². The van der Waals surface area contributed by atoms with Crippen LogP contribution in [0.1, 0.15) is 25.0 Å². The summed E-state index contributed by atoms with van der Waals surface area (Å²) < 4.78 is 25.9. The van der Waals surface area contributed by atoms with E-state index in [0.29, 0.717) is 6.54 Å². The van der Waals surface area contributed by atoms with Gasteiger partial charge >= 0.3 is 0 Å². The van der Waals surface area contributed by atoms with E-state index in [1.807, 2.05) is 12.1 Å². The summed E-state index contributed by atoms with van der Waals surface area (Å²) in [4.78, 5) is 0. The number of anilines is 1. The zero-order valence-electron chi connectivity index (χ0n) is 10.7. The second-order valence-electron chi connectivity index (χ2n) is 4.32. The zero-order valence-corrected chi connectivity index (χ0v) is 11.5. The Labute approximate surface area is 109 Å². The maximum absolute atomic E-state index is 12.2. The lowest BCUT2D eigenvalue weighted by atomic mass is 10.1. The highest BCUT2D eigenvalue weighted by atomic mass is 32.2. The minimum atomic E-state index is -3.30. The standard InChI is InChI=1S/C14H17NO2S/c1-3-5-10-18(16,17)15-9-8-13-7-6-12(4-2)11-14(13)15/h6-7,11H,4,8-10H2,1-2H3. The Bertz CT molecular complexity index is 608. The number of sulfonamides is 1. The lowest BCUT2D eigenvalue weighted by Gasteiger charge is -2.18. The molecule has 0 unspecified atom stereocenters. The average molecular weight is 263 g/mol. The first kappa shape index (κ1) is 13.0. The molecular weight excluding hydrogens is 246 g/mol. The van der Waals surface area contributed by atoms with Crippen molar-refractivity contribution in [1.29, 1.82) is 0 Å². The fourth-order valence-corrected chi connectivity index (χ4v) is 3.47. The van der Waals surface area contributed by atoms with Crippen LogP contribution in [-0.2, 0) is 22.9 Å². The number of benzene rings is 1. The van der Waals surface area contributed by atoms with Crippen LogP contribution in [0.5, 0.6) is 0 Å². The molecule has 0 aromatic heterocycles. The second-order valence-corrected chi connectivity index (χ2v) is 6.22. The van der Waals surface area contributed by atoms with Crippen molar-refractivity contribution in [2.45, 2.75) is 26.7 Å². The van der Waals surface area contributed by atoms with Crippen molar-refractivity contribution in [1.82, 2.24) is 0 Å². The molecule has 1 aliphatic rings. The molecule has 18 heavy (non-hydrogen) atoms. The molecule has 3 nitrogen and oxygen atoms in total. The Balaban J connectivity index is 2.38. The lowest BCUT2D eigenvalue weighted by Crippen LogP contribution is -2.30. The van der Waals surface area contributed by atoms with Crippen molar-refractivity contribution in [2.24, 2.45) is 0 Å². The third-order valence-electron chi connectivity index (χ3n) is 3.18. The molecule has 4 heteroatoms. The van der Waals surface area contributed by atoms with Gasteiger partial charge in [0.2, 0.25) is 10.0 Å². The Hall–Kier alpha value is -1.47. The van der Waals surface area contributed by atoms with Gasteiger partial charge in [-0.15, -0.1) is 5.92 Å². The van der Waals surface area contributed by atoms with E-state index in [0.717, 1.165) is 29.7 Å². The van der Waals surface area contributed by atoms with Crippen LogP contribution >= 0.6 is 0 Å². The van der Waals surface area contributed by atoms with Gasteiger partial charge < -0.3 is 0 Å². The van der Waals surface area contributed by atoms with Crippen LogP contribution in [0.2, 0.25) is 0 Å². The summed E-state index contributed by atoms with van der Waals surface area (Å²) in [6, 6.07) is 6.09. The second kappa shape index (κ2) is 5.03. The summed E-state index contributed by atoms with van der Waals surface area (Å²) in [6.45, 7) is 4.26. The number of hydrogen-bond donors (Lipinski definition) is 0. The van der Waals surface area contributed by atoms with Crippen LogP contribution in [0.3, 0.4) is 0 Å². The van der Waals surface area contributed by atoms with E-state index in [9.17, 15) is 8.42 Å². The first-order chi connectivity index (χ1) is 8.58. The van der Waals surface area contributed by atoms with E-state index in [1.165, 1.54) is 4.31 Å². The first-order valence-corrected chi connectivity index (χ1v) is 7.71. The highest BCUT2D eigenvalue weighted by Crippen LogP contribution is 2.31. The van der Waals surface area contributed by atoms with E-state index in [-0.39, 0.29) is 5.75 Å². The van der Waals surface area contributed by atoms with Crippen molar-refractivity contribution in [3.63, 3.8) is 0 Å². The van der Waals surface area contributed by atoms with Crippen LogP contribution in [0.25, 0.3) is 0 Å². The molecule has 0 fully saturated rings. The quantitative estimate of drug-likeness (QED) is 0.782. The highest BCUT2D eigenvalue weighted by molar-refractivity contribution is 7.93. The first-order valence-electron chi connectivity index (χ1n) is 6.10. The summed E-state index contributed by atoms with van der Waals surface area (Å²) in [5.41, 5.74) is 3.12. The van der Waals surface area contributed by atoms with Crippen molar-refractivity contribution in [3.05, 3.63) is 29.3 Å². The van der Waals surface area contributed by atoms with Crippen LogP contribution in [0.4, 0.5) is 5.69 Å². The molecule has 1 aromatic carbocycles. The molecule has 0 saturated heterocycles. The zero-order chi connectivity index (χ0) is 13.2. The minimum Gasteiger partial charge on any atom is -0.269 e. The summed E-state index contributed by atoms with van der Waals surface area (Å²) in [5.74, 6) is 5.19. The Morgan fingerprint density at radius 2 is 2.17 bits per heavy atom. The molecule has 0 saturated carbocycles. The van der Waals surface area contributed by atoms with Gasteiger partial charge in [0.1, 0.15) is 5.75 Å². The SMILES string of the molecule is CC#CCS(=O)(=O)N1CCc2ccc(CC)cc21.